The van der Waals surface area contributed by atoms with Crippen LogP contribution in [0.15, 0.2) is 0 Å². The quantitative estimate of drug-likeness (QED) is 0.0825. The molecule has 0 spiro atoms. The first-order chi connectivity index (χ1) is 22.0. The van der Waals surface area contributed by atoms with Crippen LogP contribution in [0, 0.1) is 29.6 Å². The fourth-order valence-corrected chi connectivity index (χ4v) is 5.16. The van der Waals surface area contributed by atoms with Crippen molar-refractivity contribution in [2.45, 2.75) is 151 Å². The Morgan fingerprint density at radius 3 is 1.29 bits per heavy atom. The van der Waals surface area contributed by atoms with Crippen LogP contribution in [0.5, 0.6) is 0 Å². The molecule has 0 aliphatic rings. The van der Waals surface area contributed by atoms with Crippen molar-refractivity contribution in [2.75, 3.05) is 0 Å². The summed E-state index contributed by atoms with van der Waals surface area (Å²) in [6.07, 6.45) is -2.76. The molecule has 5 amide bonds. The molecule has 0 saturated carbocycles. The molecule has 0 aliphatic carbocycles. The van der Waals surface area contributed by atoms with Gasteiger partial charge in [-0.3, -0.25) is 28.8 Å². The second kappa shape index (κ2) is 21.7. The molecular formula is C34H63N5O9. The van der Waals surface area contributed by atoms with Crippen LogP contribution < -0.4 is 26.6 Å². The van der Waals surface area contributed by atoms with Gasteiger partial charge in [-0.2, -0.15) is 0 Å². The van der Waals surface area contributed by atoms with E-state index in [0.29, 0.717) is 12.8 Å². The lowest BCUT2D eigenvalue weighted by Crippen LogP contribution is -2.59. The van der Waals surface area contributed by atoms with Crippen LogP contribution in [0.1, 0.15) is 108 Å². The van der Waals surface area contributed by atoms with Gasteiger partial charge >= 0.3 is 5.97 Å². The van der Waals surface area contributed by atoms with Crippen LogP contribution in [0.4, 0.5) is 0 Å². The predicted molar refractivity (Wildman–Crippen MR) is 182 cm³/mol. The SMILES string of the molecule is CC(C)CC(=O)N[C@H](C(=O)N[C@H](C(=O)N[C@@H](CC(C)C)[C@H](O)CC(=O)N[C@H](C)C(=O)N[C@@H](CC(C)C)[C@H](O)CC(=O)O)C(C)C)C(C)C. The van der Waals surface area contributed by atoms with Crippen LogP contribution in [-0.2, 0) is 28.8 Å². The number of carboxylic acid groups (broad SMARTS) is 1. The maximum absolute atomic E-state index is 13.5. The molecule has 0 unspecified atom stereocenters. The number of hydrogen-bond donors (Lipinski definition) is 8. The zero-order valence-electron chi connectivity index (χ0n) is 30.8. The van der Waals surface area contributed by atoms with E-state index in [1.54, 1.807) is 27.7 Å². The van der Waals surface area contributed by atoms with Gasteiger partial charge in [0.25, 0.3) is 0 Å². The van der Waals surface area contributed by atoms with Crippen LogP contribution in [-0.4, -0.2) is 93.2 Å². The van der Waals surface area contributed by atoms with E-state index < -0.39 is 84.9 Å². The Morgan fingerprint density at radius 1 is 0.479 bits per heavy atom. The van der Waals surface area contributed by atoms with Gasteiger partial charge in [0.15, 0.2) is 0 Å². The van der Waals surface area contributed by atoms with Crippen LogP contribution in [0.25, 0.3) is 0 Å². The molecule has 0 saturated heterocycles. The molecule has 7 atom stereocenters. The average molecular weight is 686 g/mol. The van der Waals surface area contributed by atoms with Gasteiger partial charge in [-0.1, -0.05) is 69.2 Å². The lowest BCUT2D eigenvalue weighted by atomic mass is 9.95. The Bertz CT molecular complexity index is 1060. The number of amides is 5. The first-order valence-electron chi connectivity index (χ1n) is 17.1. The van der Waals surface area contributed by atoms with E-state index in [-0.39, 0.29) is 41.9 Å². The predicted octanol–water partition coefficient (Wildman–Crippen LogP) is 1.47. The average Bonchev–Trinajstić information content (AvgIpc) is 2.91. The Kier molecular flexibility index (Phi) is 20.2. The summed E-state index contributed by atoms with van der Waals surface area (Å²) in [5.74, 6) is -4.25. The topological polar surface area (TPSA) is 223 Å². The smallest absolute Gasteiger partial charge is 0.306 e. The van der Waals surface area contributed by atoms with E-state index >= 15 is 0 Å². The zero-order chi connectivity index (χ0) is 37.5. The van der Waals surface area contributed by atoms with Gasteiger partial charge in [0.05, 0.1) is 37.1 Å². The number of nitrogens with one attached hydrogen (secondary N) is 5. The normalized spacial score (nSPS) is 16.1. The maximum Gasteiger partial charge on any atom is 0.306 e. The minimum atomic E-state index is -1.33. The number of aliphatic hydroxyl groups is 2. The third-order valence-electron chi connectivity index (χ3n) is 7.69. The summed E-state index contributed by atoms with van der Waals surface area (Å²) >= 11 is 0. The summed E-state index contributed by atoms with van der Waals surface area (Å²) in [4.78, 5) is 75.9. The van der Waals surface area contributed by atoms with Crippen molar-refractivity contribution in [1.82, 2.24) is 26.6 Å². The van der Waals surface area contributed by atoms with Crippen molar-refractivity contribution in [2.24, 2.45) is 29.6 Å². The Labute approximate surface area is 286 Å². The van der Waals surface area contributed by atoms with Crippen molar-refractivity contribution in [3.05, 3.63) is 0 Å². The summed E-state index contributed by atoms with van der Waals surface area (Å²) in [6.45, 7) is 19.8. The Hall–Kier alpha value is -3.26. The largest absolute Gasteiger partial charge is 0.481 e. The molecule has 0 bridgehead atoms. The zero-order valence-corrected chi connectivity index (χ0v) is 30.8. The molecule has 0 aromatic heterocycles. The van der Waals surface area contributed by atoms with Crippen LogP contribution >= 0.6 is 0 Å². The van der Waals surface area contributed by atoms with E-state index in [1.807, 2.05) is 41.5 Å². The lowest BCUT2D eigenvalue weighted by molar-refractivity contribution is -0.140. The minimum absolute atomic E-state index is 0.0152. The third-order valence-corrected chi connectivity index (χ3v) is 7.69. The second-order valence-electron chi connectivity index (χ2n) is 14.8. The van der Waals surface area contributed by atoms with Gasteiger partial charge in [0.1, 0.15) is 18.1 Å². The van der Waals surface area contributed by atoms with E-state index in [0.717, 1.165) is 0 Å². The molecule has 8 N–H and O–H groups in total. The van der Waals surface area contributed by atoms with Crippen LogP contribution in [0.2, 0.25) is 0 Å². The highest BCUT2D eigenvalue weighted by Crippen LogP contribution is 2.15. The van der Waals surface area contributed by atoms with Gasteiger partial charge in [-0.05, 0) is 49.4 Å². The summed E-state index contributed by atoms with van der Waals surface area (Å²) < 4.78 is 0. The van der Waals surface area contributed by atoms with Crippen molar-refractivity contribution >= 4 is 35.5 Å². The highest BCUT2D eigenvalue weighted by atomic mass is 16.4. The van der Waals surface area contributed by atoms with Gasteiger partial charge in [-0.15, -0.1) is 0 Å². The van der Waals surface area contributed by atoms with Gasteiger partial charge < -0.3 is 41.9 Å². The molecule has 48 heavy (non-hydrogen) atoms. The summed E-state index contributed by atoms with van der Waals surface area (Å²) in [5.41, 5.74) is 0. The molecule has 0 radical (unpaired) electrons. The van der Waals surface area contributed by atoms with Gasteiger partial charge in [-0.25, -0.2) is 0 Å². The van der Waals surface area contributed by atoms with Gasteiger partial charge in [0, 0.05) is 6.42 Å². The highest BCUT2D eigenvalue weighted by Gasteiger charge is 2.34. The third kappa shape index (κ3) is 17.8. The number of carboxylic acids is 1. The monoisotopic (exact) mass is 685 g/mol. The fourth-order valence-electron chi connectivity index (χ4n) is 5.16. The second-order valence-corrected chi connectivity index (χ2v) is 14.8. The first-order valence-corrected chi connectivity index (χ1v) is 17.1. The number of aliphatic carboxylic acids is 1. The minimum Gasteiger partial charge on any atom is -0.481 e. The number of rotatable bonds is 22. The molecule has 0 aliphatic heterocycles. The molecular weight excluding hydrogens is 622 g/mol. The van der Waals surface area contributed by atoms with E-state index in [9.17, 15) is 39.0 Å². The molecule has 0 aromatic carbocycles. The number of carbonyl (C=O) groups excluding carboxylic acids is 5. The van der Waals surface area contributed by atoms with Gasteiger partial charge in [0.2, 0.25) is 29.5 Å². The lowest BCUT2D eigenvalue weighted by Gasteiger charge is -2.31. The maximum atomic E-state index is 13.5. The van der Waals surface area contributed by atoms with E-state index in [1.165, 1.54) is 6.92 Å². The standard InChI is InChI=1S/C34H63N5O9/c1-17(2)12-23(37-33(47)31(21(9)10)39-34(48)30(20(7)8)38-27(42)14-19(5)6)25(40)15-28(43)35-22(11)32(46)36-24(13-18(3)4)26(41)16-29(44)45/h17-26,30-31,40-41H,12-16H2,1-11H3,(H,35,43)(H,36,46)(H,37,47)(H,38,42)(H,39,48)(H,44,45)/t22-,23+,24+,25-,26-,30+,31+/m1/s1. The molecule has 278 valence electrons. The summed E-state index contributed by atoms with van der Waals surface area (Å²) in [6, 6.07) is -4.61. The molecule has 14 nitrogen and oxygen atoms in total. The number of hydrogen-bond acceptors (Lipinski definition) is 8. The molecule has 0 rings (SSSR count). The van der Waals surface area contributed by atoms with Crippen molar-refractivity contribution in [1.29, 1.82) is 0 Å². The van der Waals surface area contributed by atoms with Crippen molar-refractivity contribution in [3.63, 3.8) is 0 Å². The first kappa shape index (κ1) is 44.7. The van der Waals surface area contributed by atoms with E-state index in [2.05, 4.69) is 26.6 Å². The van der Waals surface area contributed by atoms with E-state index in [4.69, 9.17) is 5.11 Å². The molecule has 0 aromatic rings. The molecule has 0 fully saturated rings. The Morgan fingerprint density at radius 2 is 0.875 bits per heavy atom. The highest BCUT2D eigenvalue weighted by molar-refractivity contribution is 5.92. The molecule has 14 heteroatoms. The number of aliphatic hydroxyl groups excluding tert-OH is 2. The summed E-state index contributed by atoms with van der Waals surface area (Å²) in [7, 11) is 0. The molecule has 0 heterocycles. The Balaban J connectivity index is 5.60. The number of carbonyl (C=O) groups is 6. The summed E-state index contributed by atoms with van der Waals surface area (Å²) in [5, 5.41) is 43.9. The van der Waals surface area contributed by atoms with Crippen LogP contribution in [0.3, 0.4) is 0 Å². The van der Waals surface area contributed by atoms with Crippen molar-refractivity contribution in [3.8, 4) is 0 Å². The van der Waals surface area contributed by atoms with Crippen molar-refractivity contribution < 1.29 is 44.1 Å². The fraction of sp³-hybridized carbons (Fsp3) is 0.824.